The van der Waals surface area contributed by atoms with Gasteiger partial charge in [-0.2, -0.15) is 5.26 Å². The first-order valence-electron chi connectivity index (χ1n) is 5.83. The lowest BCUT2D eigenvalue weighted by Crippen LogP contribution is -2.14. The minimum absolute atomic E-state index is 0.0711. The van der Waals surface area contributed by atoms with E-state index in [1.807, 2.05) is 30.5 Å². The van der Waals surface area contributed by atoms with Crippen LogP contribution in [0.2, 0.25) is 5.02 Å². The van der Waals surface area contributed by atoms with Crippen LogP contribution < -0.4 is 5.32 Å². The molecule has 1 amide bonds. The molecule has 0 unspecified atom stereocenters. The average molecular weight is 303 g/mol. The standard InChI is InChI=1S/C15H11ClN2OS/c1-10-7-12(16)4-5-14(10)18-15(19)11(9-17)8-13-3-2-6-20-13/h2-8H,1H3,(H,18,19)/b11-8+. The zero-order valence-electron chi connectivity index (χ0n) is 10.7. The molecule has 0 atom stereocenters. The zero-order chi connectivity index (χ0) is 14.5. The molecule has 0 spiro atoms. The van der Waals surface area contributed by atoms with E-state index in [1.54, 1.807) is 24.3 Å². The molecule has 20 heavy (non-hydrogen) atoms. The smallest absolute Gasteiger partial charge is 0.266 e. The third-order valence-corrected chi connectivity index (χ3v) is 3.69. The number of rotatable bonds is 3. The Morgan fingerprint density at radius 1 is 1.45 bits per heavy atom. The minimum Gasteiger partial charge on any atom is -0.321 e. The van der Waals surface area contributed by atoms with Crippen molar-refractivity contribution in [3.05, 3.63) is 56.7 Å². The number of nitrogens with one attached hydrogen (secondary N) is 1. The van der Waals surface area contributed by atoms with Gasteiger partial charge in [0.2, 0.25) is 0 Å². The van der Waals surface area contributed by atoms with Gasteiger partial charge in [-0.25, -0.2) is 0 Å². The fraction of sp³-hybridized carbons (Fsp3) is 0.0667. The summed E-state index contributed by atoms with van der Waals surface area (Å²) in [6, 6.07) is 10.8. The summed E-state index contributed by atoms with van der Waals surface area (Å²) >= 11 is 7.33. The van der Waals surface area contributed by atoms with Gasteiger partial charge in [0.15, 0.2) is 0 Å². The van der Waals surface area contributed by atoms with E-state index >= 15 is 0 Å². The van der Waals surface area contributed by atoms with E-state index in [4.69, 9.17) is 16.9 Å². The quantitative estimate of drug-likeness (QED) is 0.680. The van der Waals surface area contributed by atoms with Gasteiger partial charge in [0.05, 0.1) is 0 Å². The summed E-state index contributed by atoms with van der Waals surface area (Å²) in [5, 5.41) is 14.3. The Bertz CT molecular complexity index is 699. The monoisotopic (exact) mass is 302 g/mol. The first kappa shape index (κ1) is 14.3. The van der Waals surface area contributed by atoms with Crippen LogP contribution in [0.15, 0.2) is 41.3 Å². The second-order valence-electron chi connectivity index (χ2n) is 4.10. The molecule has 0 fully saturated rings. The van der Waals surface area contributed by atoms with Crippen LogP contribution >= 0.6 is 22.9 Å². The molecule has 1 aromatic carbocycles. The van der Waals surface area contributed by atoms with Crippen molar-refractivity contribution in [2.24, 2.45) is 0 Å². The largest absolute Gasteiger partial charge is 0.321 e. The molecule has 0 aliphatic heterocycles. The number of aryl methyl sites for hydroxylation is 1. The molecule has 0 bridgehead atoms. The topological polar surface area (TPSA) is 52.9 Å². The Morgan fingerprint density at radius 2 is 2.25 bits per heavy atom. The molecule has 0 aliphatic carbocycles. The molecule has 100 valence electrons. The molecule has 1 heterocycles. The average Bonchev–Trinajstić information content (AvgIpc) is 2.92. The molecular weight excluding hydrogens is 292 g/mol. The maximum absolute atomic E-state index is 12.1. The van der Waals surface area contributed by atoms with Crippen LogP contribution in [-0.2, 0) is 4.79 Å². The van der Waals surface area contributed by atoms with E-state index in [0.717, 1.165) is 10.4 Å². The number of nitriles is 1. The van der Waals surface area contributed by atoms with Gasteiger partial charge in [0, 0.05) is 15.6 Å². The first-order chi connectivity index (χ1) is 9.60. The molecule has 0 saturated heterocycles. The highest BCUT2D eigenvalue weighted by Gasteiger charge is 2.11. The maximum Gasteiger partial charge on any atom is 0.266 e. The highest BCUT2D eigenvalue weighted by atomic mass is 35.5. The molecule has 2 aromatic rings. The molecule has 0 aliphatic rings. The SMILES string of the molecule is Cc1cc(Cl)ccc1NC(=O)/C(C#N)=C/c1cccs1. The predicted molar refractivity (Wildman–Crippen MR) is 82.7 cm³/mol. The Kier molecular flexibility index (Phi) is 4.57. The van der Waals surface area contributed by atoms with Crippen molar-refractivity contribution in [3.63, 3.8) is 0 Å². The van der Waals surface area contributed by atoms with E-state index in [1.165, 1.54) is 11.3 Å². The van der Waals surface area contributed by atoms with Crippen molar-refractivity contribution >= 4 is 40.6 Å². The predicted octanol–water partition coefficient (Wildman–Crippen LogP) is 4.26. The Hall–Kier alpha value is -2.09. The summed E-state index contributed by atoms with van der Waals surface area (Å²) < 4.78 is 0. The Balaban J connectivity index is 2.20. The second-order valence-corrected chi connectivity index (χ2v) is 5.51. The van der Waals surface area contributed by atoms with Crippen LogP contribution in [0.4, 0.5) is 5.69 Å². The van der Waals surface area contributed by atoms with E-state index in [2.05, 4.69) is 5.32 Å². The third-order valence-electron chi connectivity index (χ3n) is 2.63. The molecule has 5 heteroatoms. The van der Waals surface area contributed by atoms with Gasteiger partial charge in [-0.3, -0.25) is 4.79 Å². The van der Waals surface area contributed by atoms with Crippen LogP contribution in [0.25, 0.3) is 6.08 Å². The fourth-order valence-corrected chi connectivity index (χ4v) is 2.51. The number of carbonyl (C=O) groups is 1. The van der Waals surface area contributed by atoms with Gasteiger partial charge >= 0.3 is 0 Å². The number of nitrogens with zero attached hydrogens (tertiary/aromatic N) is 1. The van der Waals surface area contributed by atoms with Gasteiger partial charge < -0.3 is 5.32 Å². The van der Waals surface area contributed by atoms with Crippen molar-refractivity contribution in [2.45, 2.75) is 6.92 Å². The van der Waals surface area contributed by atoms with Crippen LogP contribution in [-0.4, -0.2) is 5.91 Å². The molecule has 0 radical (unpaired) electrons. The summed E-state index contributed by atoms with van der Waals surface area (Å²) in [5.74, 6) is -0.425. The van der Waals surface area contributed by atoms with Gasteiger partial charge in [-0.05, 0) is 48.2 Å². The van der Waals surface area contributed by atoms with Gasteiger partial charge in [0.25, 0.3) is 5.91 Å². The number of hydrogen-bond donors (Lipinski definition) is 1. The number of carbonyl (C=O) groups excluding carboxylic acids is 1. The van der Waals surface area contributed by atoms with Crippen LogP contribution in [0.1, 0.15) is 10.4 Å². The molecule has 1 N–H and O–H groups in total. The Morgan fingerprint density at radius 3 is 2.85 bits per heavy atom. The number of hydrogen-bond acceptors (Lipinski definition) is 3. The van der Waals surface area contributed by atoms with Gasteiger partial charge in [-0.1, -0.05) is 17.7 Å². The van der Waals surface area contributed by atoms with Crippen molar-refractivity contribution in [3.8, 4) is 6.07 Å². The third kappa shape index (κ3) is 3.47. The summed E-state index contributed by atoms with van der Waals surface area (Å²) in [4.78, 5) is 12.9. The Labute approximate surface area is 126 Å². The van der Waals surface area contributed by atoms with Crippen molar-refractivity contribution in [2.75, 3.05) is 5.32 Å². The van der Waals surface area contributed by atoms with Crippen LogP contribution in [0.5, 0.6) is 0 Å². The summed E-state index contributed by atoms with van der Waals surface area (Å²) in [6.07, 6.45) is 1.57. The van der Waals surface area contributed by atoms with Crippen LogP contribution in [0.3, 0.4) is 0 Å². The van der Waals surface area contributed by atoms with Gasteiger partial charge in [-0.15, -0.1) is 11.3 Å². The highest BCUT2D eigenvalue weighted by molar-refractivity contribution is 7.10. The van der Waals surface area contributed by atoms with Gasteiger partial charge in [0.1, 0.15) is 11.6 Å². The number of benzene rings is 1. The lowest BCUT2D eigenvalue weighted by atomic mass is 10.2. The molecular formula is C15H11ClN2OS. The van der Waals surface area contributed by atoms with E-state index in [0.29, 0.717) is 10.7 Å². The van der Waals surface area contributed by atoms with Crippen molar-refractivity contribution in [1.82, 2.24) is 0 Å². The molecule has 1 aromatic heterocycles. The fourth-order valence-electron chi connectivity index (χ4n) is 1.62. The first-order valence-corrected chi connectivity index (χ1v) is 7.08. The normalized spacial score (nSPS) is 10.9. The maximum atomic E-state index is 12.1. The second kappa shape index (κ2) is 6.38. The zero-order valence-corrected chi connectivity index (χ0v) is 12.3. The lowest BCUT2D eigenvalue weighted by molar-refractivity contribution is -0.112. The van der Waals surface area contributed by atoms with E-state index < -0.39 is 5.91 Å². The number of thiophene rings is 1. The highest BCUT2D eigenvalue weighted by Crippen LogP contribution is 2.21. The molecule has 3 nitrogen and oxygen atoms in total. The summed E-state index contributed by atoms with van der Waals surface area (Å²) in [5.41, 5.74) is 1.56. The molecule has 2 rings (SSSR count). The number of amides is 1. The van der Waals surface area contributed by atoms with Crippen molar-refractivity contribution < 1.29 is 4.79 Å². The lowest BCUT2D eigenvalue weighted by Gasteiger charge is -2.07. The summed E-state index contributed by atoms with van der Waals surface area (Å²) in [7, 11) is 0. The van der Waals surface area contributed by atoms with Crippen LogP contribution in [0, 0.1) is 18.3 Å². The number of halogens is 1. The van der Waals surface area contributed by atoms with E-state index in [9.17, 15) is 4.79 Å². The van der Waals surface area contributed by atoms with E-state index in [-0.39, 0.29) is 5.57 Å². The number of anilines is 1. The van der Waals surface area contributed by atoms with Crippen molar-refractivity contribution in [1.29, 1.82) is 5.26 Å². The minimum atomic E-state index is -0.425. The summed E-state index contributed by atoms with van der Waals surface area (Å²) in [6.45, 7) is 1.84. The molecule has 0 saturated carbocycles.